The molecule has 3 unspecified atom stereocenters. The molecule has 3 atom stereocenters. The van der Waals surface area contributed by atoms with E-state index in [0.29, 0.717) is 40.1 Å². The van der Waals surface area contributed by atoms with Crippen LogP contribution in [-0.2, 0) is 23.8 Å². The highest BCUT2D eigenvalue weighted by atomic mass is 35.5. The first-order chi connectivity index (χ1) is 18.2. The van der Waals surface area contributed by atoms with Gasteiger partial charge < -0.3 is 29.7 Å². The van der Waals surface area contributed by atoms with Crippen molar-refractivity contribution in [2.24, 2.45) is 5.73 Å². The highest BCUT2D eigenvalue weighted by molar-refractivity contribution is 6.33. The lowest BCUT2D eigenvalue weighted by molar-refractivity contribution is -0.126. The molecule has 1 aliphatic carbocycles. The monoisotopic (exact) mass is 562 g/mol. The van der Waals surface area contributed by atoms with E-state index >= 15 is 0 Å². The fourth-order valence-electron chi connectivity index (χ4n) is 3.85. The van der Waals surface area contributed by atoms with Crippen LogP contribution >= 0.6 is 23.2 Å². The predicted molar refractivity (Wildman–Crippen MR) is 148 cm³/mol. The number of rotatable bonds is 11. The average Bonchev–Trinajstić information content (AvgIpc) is 2.90. The Morgan fingerprint density at radius 1 is 1.18 bits per heavy atom. The normalized spacial score (nSPS) is 18.6. The molecule has 2 amide bonds. The molecule has 0 saturated carbocycles. The third-order valence-electron chi connectivity index (χ3n) is 5.87. The molecule has 0 bridgehead atoms. The number of likely N-dealkylation sites (N-methyl/N-ethyl adjacent to an activating group) is 1. The van der Waals surface area contributed by atoms with Gasteiger partial charge in [0.1, 0.15) is 17.6 Å². The van der Waals surface area contributed by atoms with E-state index in [0.717, 1.165) is 5.57 Å². The number of methoxy groups -OCH3 is 2. The molecular weight excluding hydrogens is 531 g/mol. The summed E-state index contributed by atoms with van der Waals surface area (Å²) in [6.45, 7) is 1.85. The molecular formula is C27H32Cl2N4O5. The molecule has 0 spiro atoms. The maximum Gasteiger partial charge on any atom is 0.233 e. The summed E-state index contributed by atoms with van der Waals surface area (Å²) in [5, 5.41) is 4.94. The van der Waals surface area contributed by atoms with Crippen LogP contribution in [0.25, 0.3) is 0 Å². The Hall–Kier alpha value is -3.40. The molecule has 11 heteroatoms. The second-order valence-corrected chi connectivity index (χ2v) is 9.43. The van der Waals surface area contributed by atoms with Crippen LogP contribution in [-0.4, -0.2) is 55.6 Å². The summed E-state index contributed by atoms with van der Waals surface area (Å²) in [4.78, 5) is 26.7. The first kappa shape index (κ1) is 29.2. The van der Waals surface area contributed by atoms with Gasteiger partial charge in [-0.25, -0.2) is 0 Å². The van der Waals surface area contributed by atoms with Gasteiger partial charge in [0.25, 0.3) is 0 Å². The van der Waals surface area contributed by atoms with Crippen molar-refractivity contribution in [1.29, 1.82) is 0 Å². The highest BCUT2D eigenvalue weighted by Crippen LogP contribution is 2.33. The topological polar surface area (TPSA) is 115 Å². The first-order valence-electron chi connectivity index (χ1n) is 11.9. The molecule has 0 radical (unpaired) electrons. The van der Waals surface area contributed by atoms with Gasteiger partial charge in [-0.1, -0.05) is 30.7 Å². The van der Waals surface area contributed by atoms with Crippen LogP contribution in [0.1, 0.15) is 19.8 Å². The minimum atomic E-state index is -0.929. The van der Waals surface area contributed by atoms with Crippen LogP contribution in [0.5, 0.6) is 0 Å². The number of carbonyl (C=O) groups excluding carboxylic acids is 2. The van der Waals surface area contributed by atoms with Gasteiger partial charge >= 0.3 is 0 Å². The molecule has 1 heterocycles. The van der Waals surface area contributed by atoms with Crippen molar-refractivity contribution in [1.82, 2.24) is 10.2 Å². The predicted octanol–water partition coefficient (Wildman–Crippen LogP) is 4.14. The van der Waals surface area contributed by atoms with Gasteiger partial charge in [-0.2, -0.15) is 0 Å². The number of ether oxygens (including phenoxy) is 3. The maximum absolute atomic E-state index is 12.5. The zero-order valence-electron chi connectivity index (χ0n) is 21.7. The van der Waals surface area contributed by atoms with E-state index < -0.39 is 23.4 Å². The average molecular weight is 563 g/mol. The standard InChI is InChI=1S/C27H32Cl2N4O5/c1-5-16(31-25(34)15-26(35)32-20-9-7-6-8-18(20)28)12-19(29)27(30)38-22-10-11-33(2)21-14-24(37-4)23(36-3)13-17(21)22/h6-14,19,21,27H,5,15,30H2,1-4H3,(H,31,34)(H,32,35)/b16-12+. The van der Waals surface area contributed by atoms with E-state index in [-0.39, 0.29) is 12.5 Å². The Balaban J connectivity index is 1.65. The van der Waals surface area contributed by atoms with E-state index in [1.807, 2.05) is 37.2 Å². The van der Waals surface area contributed by atoms with Gasteiger partial charge in [-0.3, -0.25) is 15.3 Å². The number of para-hydroxylation sites is 1. The molecule has 0 fully saturated rings. The molecule has 38 heavy (non-hydrogen) atoms. The molecule has 1 aromatic rings. The Labute approximate surface area is 232 Å². The number of halogens is 2. The number of amides is 2. The lowest BCUT2D eigenvalue weighted by atomic mass is 9.95. The smallest absolute Gasteiger partial charge is 0.233 e. The maximum atomic E-state index is 12.5. The minimum absolute atomic E-state index is 0.136. The zero-order chi connectivity index (χ0) is 27.8. The number of hydrogen-bond acceptors (Lipinski definition) is 7. The minimum Gasteiger partial charge on any atom is -0.493 e. The Bertz CT molecular complexity index is 1210. The third-order valence-corrected chi connectivity index (χ3v) is 6.57. The summed E-state index contributed by atoms with van der Waals surface area (Å²) >= 11 is 12.6. The van der Waals surface area contributed by atoms with Crippen LogP contribution in [0.2, 0.25) is 5.02 Å². The number of carbonyl (C=O) groups is 2. The summed E-state index contributed by atoms with van der Waals surface area (Å²) in [6.07, 6.45) is 8.19. The molecule has 2 aliphatic rings. The molecule has 1 aliphatic heterocycles. The fraction of sp³-hybridized carbons (Fsp3) is 0.333. The van der Waals surface area contributed by atoms with Crippen molar-refractivity contribution in [2.75, 3.05) is 26.6 Å². The van der Waals surface area contributed by atoms with Crippen molar-refractivity contribution < 1.29 is 23.8 Å². The van der Waals surface area contributed by atoms with E-state index in [1.165, 1.54) is 0 Å². The number of fused-ring (bicyclic) bond motifs is 1. The quantitative estimate of drug-likeness (QED) is 0.211. The van der Waals surface area contributed by atoms with E-state index in [9.17, 15) is 9.59 Å². The van der Waals surface area contributed by atoms with E-state index in [2.05, 4.69) is 10.6 Å². The highest BCUT2D eigenvalue weighted by Gasteiger charge is 2.30. The van der Waals surface area contributed by atoms with Gasteiger partial charge in [-0.05, 0) is 42.9 Å². The van der Waals surface area contributed by atoms with Crippen molar-refractivity contribution in [3.05, 3.63) is 88.3 Å². The van der Waals surface area contributed by atoms with Crippen molar-refractivity contribution in [3.8, 4) is 0 Å². The number of benzene rings is 1. The van der Waals surface area contributed by atoms with Crippen LogP contribution in [0.4, 0.5) is 5.69 Å². The van der Waals surface area contributed by atoms with Gasteiger partial charge in [0.15, 0.2) is 17.7 Å². The number of nitrogens with two attached hydrogens (primary N) is 1. The Kier molecular flexibility index (Phi) is 10.3. The number of nitrogens with zero attached hydrogens (tertiary/aromatic N) is 1. The van der Waals surface area contributed by atoms with E-state index in [4.69, 9.17) is 43.1 Å². The molecule has 3 rings (SSSR count). The van der Waals surface area contributed by atoms with Crippen molar-refractivity contribution in [2.45, 2.75) is 37.4 Å². The molecule has 9 nitrogen and oxygen atoms in total. The number of allylic oxidation sites excluding steroid dienone is 2. The number of hydrogen-bond donors (Lipinski definition) is 3. The van der Waals surface area contributed by atoms with Crippen LogP contribution < -0.4 is 16.4 Å². The van der Waals surface area contributed by atoms with Crippen LogP contribution in [0.15, 0.2) is 83.3 Å². The number of anilines is 1. The zero-order valence-corrected chi connectivity index (χ0v) is 23.2. The van der Waals surface area contributed by atoms with Crippen LogP contribution in [0, 0.1) is 0 Å². The van der Waals surface area contributed by atoms with Gasteiger partial charge in [0.2, 0.25) is 11.8 Å². The summed E-state index contributed by atoms with van der Waals surface area (Å²) in [5.74, 6) is 0.737. The summed E-state index contributed by atoms with van der Waals surface area (Å²) in [5.41, 5.74) is 8.06. The Morgan fingerprint density at radius 2 is 1.89 bits per heavy atom. The van der Waals surface area contributed by atoms with Crippen LogP contribution in [0.3, 0.4) is 0 Å². The van der Waals surface area contributed by atoms with Gasteiger partial charge in [0, 0.05) is 24.5 Å². The molecule has 0 saturated heterocycles. The second-order valence-electron chi connectivity index (χ2n) is 8.52. The first-order valence-corrected chi connectivity index (χ1v) is 12.8. The van der Waals surface area contributed by atoms with Gasteiger partial charge in [0.05, 0.1) is 31.0 Å². The number of nitrogens with one attached hydrogen (secondary N) is 2. The van der Waals surface area contributed by atoms with Crippen molar-refractivity contribution in [3.63, 3.8) is 0 Å². The molecule has 0 aromatic heterocycles. The largest absolute Gasteiger partial charge is 0.493 e. The lowest BCUT2D eigenvalue weighted by Crippen LogP contribution is -2.37. The SMILES string of the molecule is CC/C(=C\C(Cl)C(N)OC1=C2C=C(OC)C(OC)=CC2N(C)C=C1)NC(=O)CC(=O)Nc1ccccc1Cl. The van der Waals surface area contributed by atoms with E-state index in [1.54, 1.807) is 50.6 Å². The molecule has 4 N–H and O–H groups in total. The fourth-order valence-corrected chi connectivity index (χ4v) is 4.24. The van der Waals surface area contributed by atoms with Gasteiger partial charge in [-0.15, -0.1) is 11.6 Å². The number of alkyl halides is 1. The lowest BCUT2D eigenvalue weighted by Gasteiger charge is -2.34. The summed E-state index contributed by atoms with van der Waals surface area (Å²) in [6, 6.07) is 6.64. The summed E-state index contributed by atoms with van der Waals surface area (Å²) < 4.78 is 16.9. The Morgan fingerprint density at radius 3 is 2.55 bits per heavy atom. The second kappa shape index (κ2) is 13.4. The van der Waals surface area contributed by atoms with Crippen molar-refractivity contribution >= 4 is 40.7 Å². The molecule has 1 aromatic carbocycles. The third kappa shape index (κ3) is 7.34. The molecule has 204 valence electrons. The summed E-state index contributed by atoms with van der Waals surface area (Å²) in [7, 11) is 5.08.